The Morgan fingerprint density at radius 1 is 1.27 bits per heavy atom. The molecule has 12 nitrogen and oxygen atoms in total. The highest BCUT2D eigenvalue weighted by Gasteiger charge is 2.64. The molecule has 3 heterocycles. The Hall–Kier alpha value is -2.46. The normalized spacial score (nSPS) is 32.2. The molecule has 2 saturated heterocycles. The Bertz CT molecular complexity index is 1430. The number of alkyl carbamates (subject to hydrolysis) is 1. The number of amides is 2. The van der Waals surface area contributed by atoms with Crippen molar-refractivity contribution >= 4 is 56.8 Å². The second kappa shape index (κ2) is 17.2. The SMILES string of the molecule is COc1cc2cc(c1Cl)N(C)C(=O)C[C@H](OC(=O)COCCCSSC)[C@]1(C)OC1[C@H](C)[C@@H]1C[C@@](O)(NC(=O)O1)[C@H](OC)/C=C/C=C(\C)C2. The van der Waals surface area contributed by atoms with Crippen molar-refractivity contribution in [3.63, 3.8) is 0 Å². The minimum Gasteiger partial charge on any atom is -0.495 e. The number of epoxide rings is 1. The Morgan fingerprint density at radius 2 is 2.02 bits per heavy atom. The minimum atomic E-state index is -1.79. The van der Waals surface area contributed by atoms with Crippen molar-refractivity contribution < 1.29 is 47.9 Å². The summed E-state index contributed by atoms with van der Waals surface area (Å²) in [6.45, 7) is 5.61. The molecule has 3 aliphatic heterocycles. The second-order valence-corrected chi connectivity index (χ2v) is 15.7. The van der Waals surface area contributed by atoms with E-state index in [2.05, 4.69) is 5.32 Å². The van der Waals surface area contributed by atoms with Gasteiger partial charge in [0.25, 0.3) is 0 Å². The average Bonchev–Trinajstić information content (AvgIpc) is 3.75. The number of carbonyl (C=O) groups is 3. The second-order valence-electron chi connectivity index (χ2n) is 12.7. The minimum absolute atomic E-state index is 0.0136. The van der Waals surface area contributed by atoms with Crippen LogP contribution >= 0.6 is 33.2 Å². The van der Waals surface area contributed by atoms with Crippen LogP contribution in [0, 0.1) is 5.92 Å². The summed E-state index contributed by atoms with van der Waals surface area (Å²) in [5, 5.41) is 14.4. The van der Waals surface area contributed by atoms with Gasteiger partial charge in [0.05, 0.1) is 25.3 Å². The van der Waals surface area contributed by atoms with Crippen molar-refractivity contribution in [2.45, 2.75) is 82.2 Å². The number of hydrogen-bond donors (Lipinski definition) is 2. The van der Waals surface area contributed by atoms with Gasteiger partial charge in [-0.25, -0.2) is 9.59 Å². The molecule has 0 radical (unpaired) electrons. The smallest absolute Gasteiger partial charge is 0.409 e. The summed E-state index contributed by atoms with van der Waals surface area (Å²) in [5.41, 5.74) is -0.697. The van der Waals surface area contributed by atoms with Gasteiger partial charge in [-0.15, -0.1) is 0 Å². The molecule has 49 heavy (non-hydrogen) atoms. The average molecular weight is 743 g/mol. The van der Waals surface area contributed by atoms with Crippen LogP contribution in [0.15, 0.2) is 35.9 Å². The molecule has 7 atom stereocenters. The van der Waals surface area contributed by atoms with Crippen LogP contribution in [0.25, 0.3) is 0 Å². The first kappa shape index (κ1) is 39.3. The van der Waals surface area contributed by atoms with Crippen LogP contribution < -0.4 is 15.0 Å². The maximum atomic E-state index is 13.9. The van der Waals surface area contributed by atoms with Gasteiger partial charge in [-0.1, -0.05) is 63.9 Å². The van der Waals surface area contributed by atoms with Crippen LogP contribution in [-0.2, 0) is 39.7 Å². The van der Waals surface area contributed by atoms with Gasteiger partial charge in [-0.2, -0.15) is 0 Å². The van der Waals surface area contributed by atoms with E-state index in [-0.39, 0.29) is 30.4 Å². The Balaban J connectivity index is 1.70. The van der Waals surface area contributed by atoms with Crippen molar-refractivity contribution in [1.82, 2.24) is 5.32 Å². The van der Waals surface area contributed by atoms with Crippen molar-refractivity contribution in [1.29, 1.82) is 0 Å². The molecule has 4 rings (SSSR count). The van der Waals surface area contributed by atoms with E-state index in [0.717, 1.165) is 23.3 Å². The molecule has 0 aliphatic carbocycles. The number of benzene rings is 1. The highest BCUT2D eigenvalue weighted by molar-refractivity contribution is 8.76. The maximum absolute atomic E-state index is 13.9. The van der Waals surface area contributed by atoms with E-state index in [1.807, 2.05) is 38.3 Å². The molecular weight excluding hydrogens is 696 g/mol. The first-order valence-corrected chi connectivity index (χ1v) is 19.2. The molecule has 1 unspecified atom stereocenters. The van der Waals surface area contributed by atoms with Crippen LogP contribution in [-0.4, -0.2) is 105 Å². The summed E-state index contributed by atoms with van der Waals surface area (Å²) in [7, 11) is 7.92. The predicted molar refractivity (Wildman–Crippen MR) is 190 cm³/mol. The number of halogens is 1. The topological polar surface area (TPSA) is 145 Å². The maximum Gasteiger partial charge on any atom is 0.409 e. The number of esters is 1. The number of rotatable bonds is 10. The van der Waals surface area contributed by atoms with E-state index >= 15 is 0 Å². The highest BCUT2D eigenvalue weighted by atomic mass is 35.5. The Morgan fingerprint density at radius 3 is 2.71 bits per heavy atom. The number of nitrogens with zero attached hydrogens (tertiary/aromatic N) is 1. The van der Waals surface area contributed by atoms with Crippen LogP contribution in [0.4, 0.5) is 10.5 Å². The van der Waals surface area contributed by atoms with E-state index in [9.17, 15) is 19.5 Å². The molecule has 1 aromatic carbocycles. The lowest BCUT2D eigenvalue weighted by Crippen LogP contribution is -2.63. The van der Waals surface area contributed by atoms with Crippen molar-refractivity contribution in [3.05, 3.63) is 46.5 Å². The third-order valence-electron chi connectivity index (χ3n) is 9.08. The first-order chi connectivity index (χ1) is 23.3. The zero-order valence-corrected chi connectivity index (χ0v) is 31.4. The lowest BCUT2D eigenvalue weighted by Gasteiger charge is -2.42. The fourth-order valence-electron chi connectivity index (χ4n) is 6.26. The number of nitrogens with one attached hydrogen (secondary N) is 1. The van der Waals surface area contributed by atoms with Gasteiger partial charge in [0, 0.05) is 38.9 Å². The molecule has 0 spiro atoms. The summed E-state index contributed by atoms with van der Waals surface area (Å²) in [6, 6.07) is 3.63. The lowest BCUT2D eigenvalue weighted by molar-refractivity contribution is -0.159. The number of fused-ring (bicyclic) bond motifs is 5. The van der Waals surface area contributed by atoms with Gasteiger partial charge in [0.15, 0.2) is 5.72 Å². The summed E-state index contributed by atoms with van der Waals surface area (Å²) >= 11 is 6.72. The largest absolute Gasteiger partial charge is 0.495 e. The molecule has 272 valence electrons. The fraction of sp³-hybridized carbons (Fsp3) is 0.618. The zero-order chi connectivity index (χ0) is 35.9. The fourth-order valence-corrected chi connectivity index (χ4v) is 7.83. The summed E-state index contributed by atoms with van der Waals surface area (Å²) in [6.07, 6.45) is 4.18. The molecule has 1 aromatic rings. The monoisotopic (exact) mass is 742 g/mol. The molecule has 0 saturated carbocycles. The van der Waals surface area contributed by atoms with Gasteiger partial charge in [-0.05, 0) is 50.6 Å². The van der Waals surface area contributed by atoms with Crippen molar-refractivity contribution in [2.75, 3.05) is 51.4 Å². The van der Waals surface area contributed by atoms with Crippen molar-refractivity contribution in [2.24, 2.45) is 5.92 Å². The van der Waals surface area contributed by atoms with Gasteiger partial charge < -0.3 is 38.4 Å². The summed E-state index contributed by atoms with van der Waals surface area (Å²) in [5.74, 6) is -0.206. The van der Waals surface area contributed by atoms with Crippen molar-refractivity contribution in [3.8, 4) is 5.75 Å². The highest BCUT2D eigenvalue weighted by Crippen LogP contribution is 2.49. The molecule has 2 N–H and O–H groups in total. The number of aliphatic hydroxyl groups is 1. The number of hydrogen-bond acceptors (Lipinski definition) is 12. The third-order valence-corrected chi connectivity index (χ3v) is 11.4. The number of anilines is 1. The van der Waals surface area contributed by atoms with Gasteiger partial charge >= 0.3 is 12.1 Å². The standard InChI is InChI=1S/C34H47ClN2O10S2/c1-20-10-8-11-26(43-6)34(41)18-25(45-32(40)36-34)21(2)31-33(3,47-31)27(46-29(39)19-44-12-9-13-49-48-7)17-28(38)37(4)23-15-22(14-20)16-24(42-5)30(23)35/h8,10-11,15-16,21,25-27,31,41H,9,12-14,17-19H2,1-7H3,(H,36,40)/b11-8+,20-10+/t21-,25+,26-,27+,31?,33+,34+/m1/s1. The first-order valence-electron chi connectivity index (χ1n) is 16.1. The number of allylic oxidation sites excluding steroid dienone is 3. The van der Waals surface area contributed by atoms with Gasteiger partial charge in [0.1, 0.15) is 41.3 Å². The zero-order valence-electron chi connectivity index (χ0n) is 29.0. The molecule has 2 fully saturated rings. The van der Waals surface area contributed by atoms with E-state index in [4.69, 9.17) is 40.0 Å². The third kappa shape index (κ3) is 9.66. The molecule has 3 aliphatic rings. The predicted octanol–water partition coefficient (Wildman–Crippen LogP) is 5.09. The van der Waals surface area contributed by atoms with Crippen LogP contribution in [0.3, 0.4) is 0 Å². The van der Waals surface area contributed by atoms with Crippen LogP contribution in [0.5, 0.6) is 5.75 Å². The van der Waals surface area contributed by atoms with E-state index in [1.165, 1.54) is 19.1 Å². The lowest BCUT2D eigenvalue weighted by atomic mass is 9.83. The van der Waals surface area contributed by atoms with Gasteiger partial charge in [0.2, 0.25) is 5.91 Å². The Kier molecular flexibility index (Phi) is 13.8. The summed E-state index contributed by atoms with van der Waals surface area (Å²) in [4.78, 5) is 41.2. The number of carbonyl (C=O) groups excluding carboxylic acids is 3. The molecular formula is C34H47ClN2O10S2. The molecule has 15 heteroatoms. The molecule has 2 amide bonds. The number of ether oxygens (including phenoxy) is 6. The molecule has 0 aromatic heterocycles. The Labute approximate surface area is 300 Å². The van der Waals surface area contributed by atoms with E-state index < -0.39 is 53.7 Å². The van der Waals surface area contributed by atoms with Crippen LogP contribution in [0.1, 0.15) is 45.6 Å². The number of methoxy groups -OCH3 is 2. The van der Waals surface area contributed by atoms with Crippen LogP contribution in [0.2, 0.25) is 5.02 Å². The van der Waals surface area contributed by atoms with E-state index in [0.29, 0.717) is 24.5 Å². The quantitative estimate of drug-likeness (QED) is 0.143. The van der Waals surface area contributed by atoms with E-state index in [1.54, 1.807) is 47.7 Å². The summed E-state index contributed by atoms with van der Waals surface area (Å²) < 4.78 is 34.5. The molecule has 4 bridgehead atoms. The van der Waals surface area contributed by atoms with Gasteiger partial charge in [-0.3, -0.25) is 10.1 Å².